The van der Waals surface area contributed by atoms with Gasteiger partial charge in [0.2, 0.25) is 11.8 Å². The number of hydrogen-bond donors (Lipinski definition) is 1. The molecule has 8 nitrogen and oxygen atoms in total. The second kappa shape index (κ2) is 9.87. The molecule has 0 aliphatic rings. The van der Waals surface area contributed by atoms with Crippen LogP contribution < -0.4 is 9.46 Å². The predicted octanol–water partition coefficient (Wildman–Crippen LogP) is 5.46. The summed E-state index contributed by atoms with van der Waals surface area (Å²) >= 11 is 0. The Morgan fingerprint density at radius 3 is 2.43 bits per heavy atom. The van der Waals surface area contributed by atoms with Crippen molar-refractivity contribution in [3.8, 4) is 22.9 Å². The molecule has 2 aromatic heterocycles. The number of aromatic nitrogens is 4. The molecule has 0 radical (unpaired) electrons. The second-order valence-corrected chi connectivity index (χ2v) is 10.3. The van der Waals surface area contributed by atoms with Crippen LogP contribution in [0.2, 0.25) is 0 Å². The Kier molecular flexibility index (Phi) is 6.88. The molecule has 0 saturated heterocycles. The Bertz CT molecular complexity index is 1460. The summed E-state index contributed by atoms with van der Waals surface area (Å²) in [5.74, 6) is 1.16. The van der Waals surface area contributed by atoms with Gasteiger partial charge < -0.3 is 4.74 Å². The fraction of sp³-hybridized carbons (Fsp3) is 0.269. The molecule has 35 heavy (non-hydrogen) atoms. The predicted molar refractivity (Wildman–Crippen MR) is 136 cm³/mol. The highest BCUT2D eigenvalue weighted by atomic mass is 32.2. The van der Waals surface area contributed by atoms with Gasteiger partial charge in [-0.1, -0.05) is 63.2 Å². The van der Waals surface area contributed by atoms with Crippen molar-refractivity contribution < 1.29 is 13.2 Å². The minimum absolute atomic E-state index is 0.0215. The molecule has 4 aromatic rings. The van der Waals surface area contributed by atoms with E-state index < -0.39 is 10.0 Å². The van der Waals surface area contributed by atoms with E-state index in [1.807, 2.05) is 62.4 Å². The van der Waals surface area contributed by atoms with Crippen LogP contribution in [0.15, 0.2) is 65.8 Å². The molecule has 0 bridgehead atoms. The fourth-order valence-electron chi connectivity index (χ4n) is 3.84. The normalized spacial score (nSPS) is 11.6. The third kappa shape index (κ3) is 5.19. The van der Waals surface area contributed by atoms with Crippen LogP contribution in [0.4, 0.5) is 5.95 Å². The lowest BCUT2D eigenvalue weighted by atomic mass is 10.0. The largest absolute Gasteiger partial charge is 0.438 e. The van der Waals surface area contributed by atoms with Crippen molar-refractivity contribution in [3.05, 3.63) is 77.6 Å². The smallest absolute Gasteiger partial charge is 0.267 e. The number of rotatable bonds is 8. The van der Waals surface area contributed by atoms with Crippen LogP contribution in [0.5, 0.6) is 11.6 Å². The third-order valence-electron chi connectivity index (χ3n) is 5.69. The molecule has 0 aliphatic heterocycles. The van der Waals surface area contributed by atoms with Gasteiger partial charge in [-0.15, -0.1) is 0 Å². The third-order valence-corrected chi connectivity index (χ3v) is 6.97. The standard InChI is InChI=1S/C26H29N5O3S/c1-6-20-24(22-13-8-7-11-18(22)4)28-26(30-35(32,33)19-15-27-31(5)16-19)29-25(20)34-23-14-10-9-12-21(23)17(2)3/h7-17H,6H2,1-5H3,(H,28,29,30). The van der Waals surface area contributed by atoms with Gasteiger partial charge in [0, 0.05) is 24.4 Å². The van der Waals surface area contributed by atoms with E-state index in [1.54, 1.807) is 7.05 Å². The summed E-state index contributed by atoms with van der Waals surface area (Å²) in [6, 6.07) is 15.6. The van der Waals surface area contributed by atoms with E-state index >= 15 is 0 Å². The molecule has 0 amide bonds. The molecular weight excluding hydrogens is 462 g/mol. The zero-order valence-corrected chi connectivity index (χ0v) is 21.3. The molecule has 0 atom stereocenters. The van der Waals surface area contributed by atoms with Crippen LogP contribution in [0.1, 0.15) is 43.4 Å². The molecule has 0 spiro atoms. The molecule has 0 unspecified atom stereocenters. The van der Waals surface area contributed by atoms with Crippen LogP contribution in [0.3, 0.4) is 0 Å². The van der Waals surface area contributed by atoms with E-state index in [9.17, 15) is 8.42 Å². The van der Waals surface area contributed by atoms with Crippen LogP contribution in [0, 0.1) is 6.92 Å². The number of benzene rings is 2. The van der Waals surface area contributed by atoms with Crippen molar-refractivity contribution in [3.63, 3.8) is 0 Å². The number of nitrogens with one attached hydrogen (secondary N) is 1. The molecule has 9 heteroatoms. The number of nitrogens with zero attached hydrogens (tertiary/aromatic N) is 4. The number of hydrogen-bond acceptors (Lipinski definition) is 6. The van der Waals surface area contributed by atoms with Gasteiger partial charge in [-0.2, -0.15) is 10.1 Å². The zero-order valence-electron chi connectivity index (χ0n) is 20.5. The number of aryl methyl sites for hydroxylation is 2. The summed E-state index contributed by atoms with van der Waals surface area (Å²) in [5.41, 5.74) is 4.35. The summed E-state index contributed by atoms with van der Waals surface area (Å²) in [6.45, 7) is 8.18. The van der Waals surface area contributed by atoms with Crippen molar-refractivity contribution in [2.24, 2.45) is 7.05 Å². The average Bonchev–Trinajstić information content (AvgIpc) is 3.26. The number of ether oxygens (including phenoxy) is 1. The maximum absolute atomic E-state index is 13.0. The summed E-state index contributed by atoms with van der Waals surface area (Å²) in [7, 11) is -2.29. The second-order valence-electron chi connectivity index (χ2n) is 8.60. The first kappa shape index (κ1) is 24.4. The maximum atomic E-state index is 13.0. The quantitative estimate of drug-likeness (QED) is 0.351. The van der Waals surface area contributed by atoms with E-state index in [0.29, 0.717) is 23.7 Å². The molecular formula is C26H29N5O3S. The lowest BCUT2D eigenvalue weighted by Gasteiger charge is -2.18. The molecule has 4 rings (SSSR count). The van der Waals surface area contributed by atoms with Gasteiger partial charge >= 0.3 is 0 Å². The van der Waals surface area contributed by atoms with Crippen molar-refractivity contribution >= 4 is 16.0 Å². The minimum Gasteiger partial charge on any atom is -0.438 e. The highest BCUT2D eigenvalue weighted by Crippen LogP contribution is 2.36. The maximum Gasteiger partial charge on any atom is 0.267 e. The Labute approximate surface area is 206 Å². The van der Waals surface area contributed by atoms with E-state index in [0.717, 1.165) is 22.3 Å². The highest BCUT2D eigenvalue weighted by Gasteiger charge is 2.23. The SMILES string of the molecule is CCc1c(Oc2ccccc2C(C)C)nc(NS(=O)(=O)c2cnn(C)c2)nc1-c1ccccc1C. The van der Waals surface area contributed by atoms with Gasteiger partial charge in [0.05, 0.1) is 11.9 Å². The first-order valence-electron chi connectivity index (χ1n) is 11.4. The van der Waals surface area contributed by atoms with Crippen molar-refractivity contribution in [1.29, 1.82) is 0 Å². The van der Waals surface area contributed by atoms with E-state index in [4.69, 9.17) is 4.74 Å². The Balaban J connectivity index is 1.88. The zero-order chi connectivity index (χ0) is 25.2. The fourth-order valence-corrected chi connectivity index (χ4v) is 4.77. The minimum atomic E-state index is -3.95. The molecule has 0 fully saturated rings. The summed E-state index contributed by atoms with van der Waals surface area (Å²) in [5, 5.41) is 3.96. The molecule has 0 aliphatic carbocycles. The lowest BCUT2D eigenvalue weighted by Crippen LogP contribution is -2.16. The van der Waals surface area contributed by atoms with Crippen LogP contribution in [0.25, 0.3) is 11.3 Å². The van der Waals surface area contributed by atoms with Crippen molar-refractivity contribution in [2.45, 2.75) is 44.9 Å². The lowest BCUT2D eigenvalue weighted by molar-refractivity contribution is 0.448. The van der Waals surface area contributed by atoms with Gasteiger partial charge in [0.15, 0.2) is 0 Å². The van der Waals surface area contributed by atoms with Gasteiger partial charge in [-0.3, -0.25) is 4.68 Å². The summed E-state index contributed by atoms with van der Waals surface area (Å²) in [6.07, 6.45) is 3.29. The van der Waals surface area contributed by atoms with Gasteiger partial charge in [0.1, 0.15) is 10.6 Å². The Morgan fingerprint density at radius 2 is 1.77 bits per heavy atom. The molecule has 2 aromatic carbocycles. The van der Waals surface area contributed by atoms with Crippen molar-refractivity contribution in [2.75, 3.05) is 4.72 Å². The van der Waals surface area contributed by atoms with Crippen LogP contribution in [-0.2, 0) is 23.5 Å². The first-order valence-corrected chi connectivity index (χ1v) is 12.9. The average molecular weight is 492 g/mol. The highest BCUT2D eigenvalue weighted by molar-refractivity contribution is 7.92. The van der Waals surface area contributed by atoms with E-state index in [2.05, 4.69) is 33.6 Å². The van der Waals surface area contributed by atoms with Crippen LogP contribution >= 0.6 is 0 Å². The monoisotopic (exact) mass is 491 g/mol. The van der Waals surface area contributed by atoms with Crippen LogP contribution in [-0.4, -0.2) is 28.2 Å². The Hall–Kier alpha value is -3.72. The van der Waals surface area contributed by atoms with E-state index in [-0.39, 0.29) is 16.8 Å². The van der Waals surface area contributed by atoms with Gasteiger partial charge in [0.25, 0.3) is 10.0 Å². The summed E-state index contributed by atoms with van der Waals surface area (Å²) < 4.78 is 36.3. The van der Waals surface area contributed by atoms with E-state index in [1.165, 1.54) is 17.1 Å². The van der Waals surface area contributed by atoms with Gasteiger partial charge in [-0.25, -0.2) is 18.1 Å². The topological polar surface area (TPSA) is 99.0 Å². The molecule has 2 heterocycles. The number of para-hydroxylation sites is 1. The first-order chi connectivity index (χ1) is 16.7. The number of sulfonamides is 1. The molecule has 1 N–H and O–H groups in total. The molecule has 0 saturated carbocycles. The van der Waals surface area contributed by atoms with Crippen molar-refractivity contribution in [1.82, 2.24) is 19.7 Å². The molecule has 182 valence electrons. The summed E-state index contributed by atoms with van der Waals surface area (Å²) in [4.78, 5) is 9.19. The Morgan fingerprint density at radius 1 is 1.06 bits per heavy atom. The number of anilines is 1. The van der Waals surface area contributed by atoms with Gasteiger partial charge in [-0.05, 0) is 36.5 Å².